The standard InChI is InChI=1S/C24H34F2/c1-3-5-6-8-17-9-12-19(13-10-17)23-22(25)16-20-15-18(7-4-2)11-14-21(20)24(23)26/h15-17,19H,3-14H2,1-2H3. The molecule has 0 saturated heterocycles. The Balaban J connectivity index is 1.72. The summed E-state index contributed by atoms with van der Waals surface area (Å²) in [5.41, 5.74) is 3.26. The van der Waals surface area contributed by atoms with Gasteiger partial charge in [-0.2, -0.15) is 0 Å². The van der Waals surface area contributed by atoms with Crippen molar-refractivity contribution in [2.75, 3.05) is 0 Å². The van der Waals surface area contributed by atoms with Crippen LogP contribution in [0.4, 0.5) is 8.78 Å². The van der Waals surface area contributed by atoms with Crippen molar-refractivity contribution in [3.05, 3.63) is 40.0 Å². The number of allylic oxidation sites excluding steroid dienone is 1. The fourth-order valence-electron chi connectivity index (χ4n) is 4.97. The summed E-state index contributed by atoms with van der Waals surface area (Å²) in [6.07, 6.45) is 15.1. The molecule has 0 radical (unpaired) electrons. The van der Waals surface area contributed by atoms with Gasteiger partial charge in [0.05, 0.1) is 0 Å². The van der Waals surface area contributed by atoms with Gasteiger partial charge in [0, 0.05) is 5.56 Å². The molecule has 0 atom stereocenters. The molecule has 1 saturated carbocycles. The molecule has 0 bridgehead atoms. The van der Waals surface area contributed by atoms with Crippen molar-refractivity contribution in [2.24, 2.45) is 5.92 Å². The second-order valence-electron chi connectivity index (χ2n) is 8.42. The zero-order valence-electron chi connectivity index (χ0n) is 16.6. The molecule has 2 heteroatoms. The van der Waals surface area contributed by atoms with Crippen molar-refractivity contribution >= 4 is 6.08 Å². The summed E-state index contributed by atoms with van der Waals surface area (Å²) in [4.78, 5) is 0. The third-order valence-corrected chi connectivity index (χ3v) is 6.49. The highest BCUT2D eigenvalue weighted by Gasteiger charge is 2.29. The van der Waals surface area contributed by atoms with Gasteiger partial charge in [-0.25, -0.2) is 8.78 Å². The molecule has 2 aliphatic carbocycles. The van der Waals surface area contributed by atoms with Gasteiger partial charge in [0.15, 0.2) is 0 Å². The molecule has 0 amide bonds. The number of hydrogen-bond acceptors (Lipinski definition) is 0. The quantitative estimate of drug-likeness (QED) is 0.433. The number of fused-ring (bicyclic) bond motifs is 1. The van der Waals surface area contributed by atoms with Crippen molar-refractivity contribution < 1.29 is 8.78 Å². The molecular formula is C24H34F2. The van der Waals surface area contributed by atoms with E-state index in [2.05, 4.69) is 13.8 Å². The van der Waals surface area contributed by atoms with E-state index in [1.807, 2.05) is 6.08 Å². The zero-order valence-corrected chi connectivity index (χ0v) is 16.6. The smallest absolute Gasteiger partial charge is 0.133 e. The van der Waals surface area contributed by atoms with Gasteiger partial charge < -0.3 is 0 Å². The van der Waals surface area contributed by atoms with Crippen LogP contribution in [0.25, 0.3) is 6.08 Å². The van der Waals surface area contributed by atoms with Crippen LogP contribution < -0.4 is 0 Å². The largest absolute Gasteiger partial charge is 0.207 e. The fraction of sp³-hybridized carbons (Fsp3) is 0.667. The minimum absolute atomic E-state index is 0.0729. The van der Waals surface area contributed by atoms with Gasteiger partial charge in [-0.15, -0.1) is 0 Å². The van der Waals surface area contributed by atoms with Crippen molar-refractivity contribution in [3.63, 3.8) is 0 Å². The maximum atomic E-state index is 15.2. The van der Waals surface area contributed by atoms with E-state index in [4.69, 9.17) is 0 Å². The van der Waals surface area contributed by atoms with Crippen molar-refractivity contribution in [1.29, 1.82) is 0 Å². The number of hydrogen-bond donors (Lipinski definition) is 0. The first-order chi connectivity index (χ1) is 12.6. The summed E-state index contributed by atoms with van der Waals surface area (Å²) in [5.74, 6) is 0.288. The monoisotopic (exact) mass is 360 g/mol. The number of unbranched alkanes of at least 4 members (excludes halogenated alkanes) is 2. The van der Waals surface area contributed by atoms with E-state index in [1.165, 1.54) is 31.3 Å². The maximum absolute atomic E-state index is 15.2. The normalized spacial score (nSPS) is 22.8. The van der Waals surface area contributed by atoms with E-state index in [-0.39, 0.29) is 17.6 Å². The van der Waals surface area contributed by atoms with Gasteiger partial charge in [0.2, 0.25) is 0 Å². The van der Waals surface area contributed by atoms with Crippen molar-refractivity contribution in [3.8, 4) is 0 Å². The molecule has 3 rings (SSSR count). The molecule has 2 aliphatic rings. The first-order valence-corrected chi connectivity index (χ1v) is 10.8. The number of benzene rings is 1. The predicted molar refractivity (Wildman–Crippen MR) is 106 cm³/mol. The lowest BCUT2D eigenvalue weighted by Gasteiger charge is -2.30. The fourth-order valence-corrected chi connectivity index (χ4v) is 4.97. The maximum Gasteiger partial charge on any atom is 0.133 e. The summed E-state index contributed by atoms with van der Waals surface area (Å²) < 4.78 is 30.0. The Labute approximate surface area is 158 Å². The average Bonchev–Trinajstić information content (AvgIpc) is 2.63. The molecular weight excluding hydrogens is 326 g/mol. The van der Waals surface area contributed by atoms with Crippen LogP contribution in [0, 0.1) is 17.6 Å². The minimum Gasteiger partial charge on any atom is -0.207 e. The van der Waals surface area contributed by atoms with Crippen LogP contribution in [-0.4, -0.2) is 0 Å². The molecule has 0 aromatic heterocycles. The molecule has 144 valence electrons. The average molecular weight is 361 g/mol. The third kappa shape index (κ3) is 4.38. The lowest BCUT2D eigenvalue weighted by Crippen LogP contribution is -2.17. The minimum atomic E-state index is -0.315. The number of rotatable bonds is 7. The summed E-state index contributed by atoms with van der Waals surface area (Å²) in [7, 11) is 0. The Morgan fingerprint density at radius 1 is 0.962 bits per heavy atom. The Kier molecular flexibility index (Phi) is 6.89. The van der Waals surface area contributed by atoms with Crippen molar-refractivity contribution in [2.45, 2.75) is 96.8 Å². The molecule has 1 aromatic rings. The first-order valence-electron chi connectivity index (χ1n) is 10.8. The van der Waals surface area contributed by atoms with Crippen LogP contribution in [0.1, 0.15) is 107 Å². The number of halogens is 2. The van der Waals surface area contributed by atoms with Gasteiger partial charge in [0.1, 0.15) is 11.6 Å². The lowest BCUT2D eigenvalue weighted by atomic mass is 9.75. The highest BCUT2D eigenvalue weighted by Crippen LogP contribution is 2.42. The van der Waals surface area contributed by atoms with Gasteiger partial charge >= 0.3 is 0 Å². The second-order valence-corrected chi connectivity index (χ2v) is 8.42. The second kappa shape index (κ2) is 9.15. The zero-order chi connectivity index (χ0) is 18.5. The SMILES string of the molecule is CCCCCC1CCC(c2c(F)cc3c(c2F)CCC(CCC)=C3)CC1. The van der Waals surface area contributed by atoms with Gasteiger partial charge in [-0.3, -0.25) is 0 Å². The van der Waals surface area contributed by atoms with E-state index < -0.39 is 0 Å². The van der Waals surface area contributed by atoms with Crippen LogP contribution in [0.15, 0.2) is 11.6 Å². The Hall–Kier alpha value is -1.18. The molecule has 0 unspecified atom stereocenters. The Morgan fingerprint density at radius 3 is 2.42 bits per heavy atom. The summed E-state index contributed by atoms with van der Waals surface area (Å²) >= 11 is 0. The molecule has 26 heavy (non-hydrogen) atoms. The highest BCUT2D eigenvalue weighted by atomic mass is 19.1. The molecule has 1 fully saturated rings. The molecule has 0 nitrogen and oxygen atoms in total. The van der Waals surface area contributed by atoms with Gasteiger partial charge in [0.25, 0.3) is 0 Å². The van der Waals surface area contributed by atoms with Crippen LogP contribution in [0.3, 0.4) is 0 Å². The van der Waals surface area contributed by atoms with Crippen LogP contribution >= 0.6 is 0 Å². The van der Waals surface area contributed by atoms with Crippen LogP contribution in [0.2, 0.25) is 0 Å². The van der Waals surface area contributed by atoms with E-state index >= 15 is 4.39 Å². The molecule has 0 heterocycles. The molecule has 0 N–H and O–H groups in total. The van der Waals surface area contributed by atoms with Gasteiger partial charge in [-0.1, -0.05) is 57.6 Å². The molecule has 0 aliphatic heterocycles. The summed E-state index contributed by atoms with van der Waals surface area (Å²) in [6, 6.07) is 1.61. The van der Waals surface area contributed by atoms with E-state index in [1.54, 1.807) is 6.07 Å². The van der Waals surface area contributed by atoms with Crippen LogP contribution in [-0.2, 0) is 6.42 Å². The summed E-state index contributed by atoms with van der Waals surface area (Å²) in [6.45, 7) is 4.39. The highest BCUT2D eigenvalue weighted by molar-refractivity contribution is 5.61. The molecule has 0 spiro atoms. The molecule has 1 aromatic carbocycles. The van der Waals surface area contributed by atoms with E-state index in [9.17, 15) is 4.39 Å². The predicted octanol–water partition coefficient (Wildman–Crippen LogP) is 7.95. The first kappa shape index (κ1) is 19.6. The topological polar surface area (TPSA) is 0 Å². The summed E-state index contributed by atoms with van der Waals surface area (Å²) in [5, 5.41) is 0. The van der Waals surface area contributed by atoms with E-state index in [0.29, 0.717) is 5.56 Å². The van der Waals surface area contributed by atoms with Gasteiger partial charge in [-0.05, 0) is 74.0 Å². The van der Waals surface area contributed by atoms with E-state index in [0.717, 1.165) is 68.4 Å². The lowest BCUT2D eigenvalue weighted by molar-refractivity contribution is 0.294. The Bertz CT molecular complexity index is 636. The van der Waals surface area contributed by atoms with Crippen molar-refractivity contribution in [1.82, 2.24) is 0 Å². The Morgan fingerprint density at radius 2 is 1.73 bits per heavy atom. The third-order valence-electron chi connectivity index (χ3n) is 6.49. The van der Waals surface area contributed by atoms with Crippen LogP contribution in [0.5, 0.6) is 0 Å².